The molecule has 0 radical (unpaired) electrons. The van der Waals surface area contributed by atoms with Gasteiger partial charge < -0.3 is 24.4 Å². The number of rotatable bonds is 12. The molecule has 0 saturated carbocycles. The number of carbonyl (C=O) groups excluding carboxylic acids is 5. The molecule has 0 aromatic heterocycles. The first kappa shape index (κ1) is 27.6. The summed E-state index contributed by atoms with van der Waals surface area (Å²) >= 11 is 6.78. The van der Waals surface area contributed by atoms with Crippen LogP contribution in [0, 0.1) is 5.92 Å². The Morgan fingerprint density at radius 2 is 1.94 bits per heavy atom. The minimum Gasteiger partial charge on any atom is -0.428 e. The van der Waals surface area contributed by atoms with Crippen LogP contribution in [0.5, 0.6) is 0 Å². The van der Waals surface area contributed by atoms with Gasteiger partial charge in [-0.25, -0.2) is 4.79 Å². The number of alkyl halides is 1. The summed E-state index contributed by atoms with van der Waals surface area (Å²) < 4.78 is 15.1. The highest BCUT2D eigenvalue weighted by Crippen LogP contribution is 2.40. The molecule has 1 fully saturated rings. The van der Waals surface area contributed by atoms with Crippen molar-refractivity contribution in [3.63, 3.8) is 0 Å². The van der Waals surface area contributed by atoms with Gasteiger partial charge in [0, 0.05) is 19.3 Å². The van der Waals surface area contributed by atoms with E-state index in [-0.39, 0.29) is 24.6 Å². The predicted octanol–water partition coefficient (Wildman–Crippen LogP) is 0.187. The Morgan fingerprint density at radius 1 is 1.24 bits per heavy atom. The molecule has 34 heavy (non-hydrogen) atoms. The number of hydrogen-bond donors (Lipinski definition) is 1. The molecule has 1 unspecified atom stereocenters. The topological polar surface area (TPSA) is 150 Å². The van der Waals surface area contributed by atoms with Crippen LogP contribution < -0.4 is 5.32 Å². The maximum Gasteiger partial charge on any atom is 0.358 e. The molecule has 0 aliphatic carbocycles. The summed E-state index contributed by atoms with van der Waals surface area (Å²) in [4.78, 5) is 67.3. The molecule has 0 aromatic carbocycles. The zero-order valence-corrected chi connectivity index (χ0v) is 20.7. The van der Waals surface area contributed by atoms with Gasteiger partial charge in [-0.1, -0.05) is 19.0 Å². The summed E-state index contributed by atoms with van der Waals surface area (Å²) in [5.74, 6) is -3.81. The molecule has 14 heteroatoms. The Kier molecular flexibility index (Phi) is 10.3. The number of amides is 2. The van der Waals surface area contributed by atoms with E-state index in [1.165, 1.54) is 23.8 Å². The number of hydrogen-bond acceptors (Lipinski definition) is 11. The molecule has 12 nitrogen and oxygen atoms in total. The summed E-state index contributed by atoms with van der Waals surface area (Å²) in [5, 5.41) is 5.17. The van der Waals surface area contributed by atoms with Crippen LogP contribution in [0.2, 0.25) is 0 Å². The van der Waals surface area contributed by atoms with E-state index in [1.807, 2.05) is 13.8 Å². The van der Waals surface area contributed by atoms with Crippen molar-refractivity contribution in [2.45, 2.75) is 31.7 Å². The molecule has 2 aliphatic rings. The molecule has 188 valence electrons. The molecule has 0 spiro atoms. The second-order valence-corrected chi connectivity index (χ2v) is 8.96. The average molecular weight is 520 g/mol. The van der Waals surface area contributed by atoms with Gasteiger partial charge in [-0.15, -0.1) is 23.4 Å². The fraction of sp³-hybridized carbons (Fsp3) is 0.600. The summed E-state index contributed by atoms with van der Waals surface area (Å²) in [7, 11) is 2.59. The lowest BCUT2D eigenvalue weighted by Gasteiger charge is -2.49. The van der Waals surface area contributed by atoms with E-state index in [4.69, 9.17) is 25.8 Å². The number of carbonyl (C=O) groups is 5. The van der Waals surface area contributed by atoms with E-state index in [2.05, 4.69) is 15.3 Å². The number of nitrogens with one attached hydrogen (secondary N) is 1. The van der Waals surface area contributed by atoms with Crippen molar-refractivity contribution in [3.05, 3.63) is 11.3 Å². The average Bonchev–Trinajstić information content (AvgIpc) is 2.79. The molecule has 0 bridgehead atoms. The number of β-lactam (4-membered cyclic amide) rings is 1. The Labute approximate surface area is 205 Å². The number of methoxy groups -OCH3 is 1. The van der Waals surface area contributed by atoms with Crippen LogP contribution >= 0.6 is 23.4 Å². The standard InChI is InChI=1S/C20H26ClN3O9S/c1-10(2)5-13(26)32-9-33-20(29)16-11(7-30-3)8-34-19-15(18(28)24(16)19)22-17(27)14(23-31-4)12(25)6-21/h10,15,19H,5-9H2,1-4H3,(H,22,27)/b23-14-/t15?,19-/m1/s1. The SMILES string of the molecule is COCC1=C(C(=O)OCOC(=O)CC(C)C)N2C(=O)C(NC(=O)/C(=N\OC)C(=O)CCl)[C@H]2SC1. The third-order valence-electron chi connectivity index (χ3n) is 4.61. The number of halogens is 1. The highest BCUT2D eigenvalue weighted by Gasteiger charge is 2.54. The van der Waals surface area contributed by atoms with Crippen molar-refractivity contribution in [2.75, 3.05) is 39.3 Å². The second-order valence-electron chi connectivity index (χ2n) is 7.59. The number of fused-ring (bicyclic) bond motifs is 1. The molecule has 1 N–H and O–H groups in total. The number of esters is 2. The lowest BCUT2D eigenvalue weighted by atomic mass is 10.0. The van der Waals surface area contributed by atoms with Crippen LogP contribution in [0.3, 0.4) is 0 Å². The van der Waals surface area contributed by atoms with Crippen molar-refractivity contribution in [2.24, 2.45) is 11.1 Å². The largest absolute Gasteiger partial charge is 0.428 e. The van der Waals surface area contributed by atoms with Gasteiger partial charge in [0.2, 0.25) is 18.3 Å². The van der Waals surface area contributed by atoms with Crippen molar-refractivity contribution < 1.29 is 43.0 Å². The first-order valence-electron chi connectivity index (χ1n) is 10.2. The van der Waals surface area contributed by atoms with Gasteiger partial charge in [-0.05, 0) is 11.5 Å². The zero-order chi connectivity index (χ0) is 25.4. The third-order valence-corrected chi connectivity index (χ3v) is 6.20. The molecular formula is C20H26ClN3O9S. The molecule has 0 aromatic rings. The van der Waals surface area contributed by atoms with Crippen LogP contribution in [-0.2, 0) is 43.0 Å². The van der Waals surface area contributed by atoms with Crippen LogP contribution in [0.4, 0.5) is 0 Å². The number of ketones is 1. The van der Waals surface area contributed by atoms with Gasteiger partial charge in [0.25, 0.3) is 11.8 Å². The Morgan fingerprint density at radius 3 is 2.53 bits per heavy atom. The van der Waals surface area contributed by atoms with E-state index in [0.717, 1.165) is 7.11 Å². The number of Topliss-reactive ketones (excluding diaryl/α,β-unsaturated/α-hetero) is 1. The van der Waals surface area contributed by atoms with Crippen LogP contribution in [0.15, 0.2) is 16.4 Å². The Bertz CT molecular complexity index is 906. The molecule has 2 heterocycles. The molecule has 2 rings (SSSR count). The monoisotopic (exact) mass is 519 g/mol. The smallest absolute Gasteiger partial charge is 0.358 e. The number of nitrogens with zero attached hydrogens (tertiary/aromatic N) is 2. The van der Waals surface area contributed by atoms with E-state index in [9.17, 15) is 24.0 Å². The maximum absolute atomic E-state index is 12.9. The quantitative estimate of drug-likeness (QED) is 0.0719. The number of oxime groups is 1. The van der Waals surface area contributed by atoms with Gasteiger partial charge in [0.05, 0.1) is 12.5 Å². The summed E-state index contributed by atoms with van der Waals surface area (Å²) in [5.41, 5.74) is -0.119. The molecule has 2 atom stereocenters. The second kappa shape index (κ2) is 12.7. The van der Waals surface area contributed by atoms with Gasteiger partial charge in [0.1, 0.15) is 24.2 Å². The number of ether oxygens (including phenoxy) is 3. The highest BCUT2D eigenvalue weighted by molar-refractivity contribution is 8.00. The van der Waals surface area contributed by atoms with Crippen molar-refractivity contribution in [1.82, 2.24) is 10.2 Å². The first-order chi connectivity index (χ1) is 16.2. The van der Waals surface area contributed by atoms with Gasteiger partial charge in [-0.2, -0.15) is 0 Å². The Balaban J connectivity index is 2.12. The van der Waals surface area contributed by atoms with E-state index >= 15 is 0 Å². The maximum atomic E-state index is 12.9. The molecule has 1 saturated heterocycles. The van der Waals surface area contributed by atoms with Gasteiger partial charge >= 0.3 is 11.9 Å². The van der Waals surface area contributed by atoms with E-state index in [0.29, 0.717) is 11.3 Å². The number of thioether (sulfide) groups is 1. The van der Waals surface area contributed by atoms with E-state index < -0.39 is 59.3 Å². The lowest BCUT2D eigenvalue weighted by Crippen LogP contribution is -2.71. The molecule has 2 aliphatic heterocycles. The van der Waals surface area contributed by atoms with Crippen molar-refractivity contribution in [1.29, 1.82) is 0 Å². The van der Waals surface area contributed by atoms with Gasteiger partial charge in [-0.3, -0.25) is 24.1 Å². The molecular weight excluding hydrogens is 494 g/mol. The van der Waals surface area contributed by atoms with Gasteiger partial charge in [0.15, 0.2) is 0 Å². The fourth-order valence-electron chi connectivity index (χ4n) is 3.15. The normalized spacial score (nSPS) is 19.9. The lowest BCUT2D eigenvalue weighted by molar-refractivity contribution is -0.168. The first-order valence-corrected chi connectivity index (χ1v) is 11.7. The highest BCUT2D eigenvalue weighted by atomic mass is 35.5. The fourth-order valence-corrected chi connectivity index (χ4v) is 4.60. The Hall–Kier alpha value is -2.64. The van der Waals surface area contributed by atoms with Crippen LogP contribution in [0.1, 0.15) is 20.3 Å². The summed E-state index contributed by atoms with van der Waals surface area (Å²) in [6.45, 7) is 3.14. The summed E-state index contributed by atoms with van der Waals surface area (Å²) in [6.07, 6.45) is 0.167. The minimum absolute atomic E-state index is 0.0383. The van der Waals surface area contributed by atoms with E-state index in [1.54, 1.807) is 0 Å². The summed E-state index contributed by atoms with van der Waals surface area (Å²) in [6, 6.07) is -1.03. The van der Waals surface area contributed by atoms with Crippen molar-refractivity contribution >= 4 is 58.6 Å². The minimum atomic E-state index is -1.03. The van der Waals surface area contributed by atoms with Crippen molar-refractivity contribution in [3.8, 4) is 0 Å². The van der Waals surface area contributed by atoms with Crippen LogP contribution in [0.25, 0.3) is 0 Å². The van der Waals surface area contributed by atoms with Crippen LogP contribution in [-0.4, -0.2) is 90.8 Å². The molecule has 2 amide bonds. The third kappa shape index (κ3) is 6.48. The predicted molar refractivity (Wildman–Crippen MR) is 121 cm³/mol. The zero-order valence-electron chi connectivity index (χ0n) is 19.1.